The van der Waals surface area contributed by atoms with Crippen molar-refractivity contribution in [3.63, 3.8) is 0 Å². The van der Waals surface area contributed by atoms with Crippen molar-refractivity contribution in [2.45, 2.75) is 26.3 Å². The van der Waals surface area contributed by atoms with Crippen molar-refractivity contribution < 1.29 is 14.6 Å². The van der Waals surface area contributed by atoms with E-state index in [0.29, 0.717) is 5.75 Å². The van der Waals surface area contributed by atoms with Crippen LogP contribution in [0.15, 0.2) is 24.3 Å². The van der Waals surface area contributed by atoms with E-state index in [-0.39, 0.29) is 19.1 Å². The van der Waals surface area contributed by atoms with E-state index < -0.39 is 5.54 Å². The monoisotopic (exact) mass is 237 g/mol. The van der Waals surface area contributed by atoms with E-state index in [1.54, 1.807) is 13.8 Å². The second-order valence-corrected chi connectivity index (χ2v) is 4.69. The standard InChI is InChI=1S/C13H19NO3/c1-10-4-6-11(7-5-10)17-8-12(16)14-13(2,3)9-15/h4-7,15H,8-9H2,1-3H3,(H,14,16). The number of ether oxygens (including phenoxy) is 1. The van der Waals surface area contributed by atoms with Gasteiger partial charge in [0, 0.05) is 0 Å². The Bertz CT molecular complexity index is 371. The van der Waals surface area contributed by atoms with Crippen LogP contribution in [-0.2, 0) is 4.79 Å². The van der Waals surface area contributed by atoms with Crippen LogP contribution in [0.3, 0.4) is 0 Å². The van der Waals surface area contributed by atoms with E-state index in [1.807, 2.05) is 31.2 Å². The second kappa shape index (κ2) is 5.68. The number of hydrogen-bond donors (Lipinski definition) is 2. The van der Waals surface area contributed by atoms with Gasteiger partial charge in [-0.1, -0.05) is 17.7 Å². The highest BCUT2D eigenvalue weighted by Crippen LogP contribution is 2.11. The fourth-order valence-electron chi connectivity index (χ4n) is 1.24. The molecule has 0 saturated heterocycles. The number of carbonyl (C=O) groups is 1. The Morgan fingerprint density at radius 2 is 1.94 bits per heavy atom. The fraction of sp³-hybridized carbons (Fsp3) is 0.462. The number of aliphatic hydroxyl groups excluding tert-OH is 1. The normalized spacial score (nSPS) is 11.1. The predicted octanol–water partition coefficient (Wildman–Crippen LogP) is 1.26. The molecule has 1 aromatic carbocycles. The summed E-state index contributed by atoms with van der Waals surface area (Å²) in [5.74, 6) is 0.414. The summed E-state index contributed by atoms with van der Waals surface area (Å²) in [7, 11) is 0. The van der Waals surface area contributed by atoms with Gasteiger partial charge in [0.05, 0.1) is 12.1 Å². The summed E-state index contributed by atoms with van der Waals surface area (Å²) >= 11 is 0. The summed E-state index contributed by atoms with van der Waals surface area (Å²) < 4.78 is 5.32. The molecule has 0 heterocycles. The molecule has 0 fully saturated rings. The summed E-state index contributed by atoms with van der Waals surface area (Å²) in [6.07, 6.45) is 0. The Morgan fingerprint density at radius 1 is 1.35 bits per heavy atom. The fourth-order valence-corrected chi connectivity index (χ4v) is 1.24. The van der Waals surface area contributed by atoms with Crippen molar-refractivity contribution in [2.24, 2.45) is 0 Å². The van der Waals surface area contributed by atoms with Crippen molar-refractivity contribution in [3.8, 4) is 5.75 Å². The van der Waals surface area contributed by atoms with Crippen molar-refractivity contribution in [1.82, 2.24) is 5.32 Å². The molecule has 0 atom stereocenters. The maximum Gasteiger partial charge on any atom is 0.258 e. The molecule has 1 amide bonds. The maximum atomic E-state index is 11.5. The number of carbonyl (C=O) groups excluding carboxylic acids is 1. The molecule has 0 bridgehead atoms. The van der Waals surface area contributed by atoms with E-state index in [0.717, 1.165) is 5.56 Å². The average Bonchev–Trinajstić information content (AvgIpc) is 2.28. The third kappa shape index (κ3) is 4.87. The van der Waals surface area contributed by atoms with Gasteiger partial charge in [-0.2, -0.15) is 0 Å². The summed E-state index contributed by atoms with van der Waals surface area (Å²) in [6.45, 7) is 5.32. The first kappa shape index (κ1) is 13.5. The summed E-state index contributed by atoms with van der Waals surface area (Å²) in [6, 6.07) is 7.48. The Morgan fingerprint density at radius 3 is 2.47 bits per heavy atom. The van der Waals surface area contributed by atoms with Crippen LogP contribution in [-0.4, -0.2) is 29.8 Å². The molecule has 0 aromatic heterocycles. The zero-order valence-electron chi connectivity index (χ0n) is 10.5. The van der Waals surface area contributed by atoms with Gasteiger partial charge in [-0.15, -0.1) is 0 Å². The first-order valence-corrected chi connectivity index (χ1v) is 5.54. The Hall–Kier alpha value is -1.55. The molecule has 4 nitrogen and oxygen atoms in total. The molecule has 0 aliphatic carbocycles. The minimum Gasteiger partial charge on any atom is -0.484 e. The molecule has 0 spiro atoms. The van der Waals surface area contributed by atoms with Gasteiger partial charge in [-0.3, -0.25) is 4.79 Å². The highest BCUT2D eigenvalue weighted by Gasteiger charge is 2.18. The second-order valence-electron chi connectivity index (χ2n) is 4.69. The lowest BCUT2D eigenvalue weighted by molar-refractivity contribution is -0.125. The molecule has 1 rings (SSSR count). The first-order chi connectivity index (χ1) is 7.93. The molecule has 0 aliphatic rings. The number of rotatable bonds is 5. The summed E-state index contributed by atoms with van der Waals surface area (Å²) in [5.41, 5.74) is 0.525. The number of benzene rings is 1. The van der Waals surface area contributed by atoms with Crippen LogP contribution >= 0.6 is 0 Å². The smallest absolute Gasteiger partial charge is 0.258 e. The molecular formula is C13H19NO3. The third-order valence-corrected chi connectivity index (χ3v) is 2.26. The van der Waals surface area contributed by atoms with Gasteiger partial charge >= 0.3 is 0 Å². The van der Waals surface area contributed by atoms with Crippen LogP contribution in [0.25, 0.3) is 0 Å². The minimum atomic E-state index is -0.617. The predicted molar refractivity (Wildman–Crippen MR) is 66.0 cm³/mol. The Labute approximate surface area is 102 Å². The Kier molecular flexibility index (Phi) is 4.52. The van der Waals surface area contributed by atoms with E-state index in [9.17, 15) is 4.79 Å². The lowest BCUT2D eigenvalue weighted by Crippen LogP contribution is -2.48. The lowest BCUT2D eigenvalue weighted by Gasteiger charge is -2.23. The quantitative estimate of drug-likeness (QED) is 0.810. The zero-order chi connectivity index (χ0) is 12.9. The number of aryl methyl sites for hydroxylation is 1. The Balaban J connectivity index is 2.41. The number of nitrogens with one attached hydrogen (secondary N) is 1. The van der Waals surface area contributed by atoms with Gasteiger partial charge in [0.25, 0.3) is 5.91 Å². The highest BCUT2D eigenvalue weighted by atomic mass is 16.5. The van der Waals surface area contributed by atoms with Crippen molar-refractivity contribution >= 4 is 5.91 Å². The van der Waals surface area contributed by atoms with Gasteiger partial charge < -0.3 is 15.2 Å². The van der Waals surface area contributed by atoms with Gasteiger partial charge in [0.2, 0.25) is 0 Å². The van der Waals surface area contributed by atoms with Gasteiger partial charge in [-0.25, -0.2) is 0 Å². The molecule has 1 aromatic rings. The highest BCUT2D eigenvalue weighted by molar-refractivity contribution is 5.78. The summed E-state index contributed by atoms with van der Waals surface area (Å²) in [4.78, 5) is 11.5. The number of aliphatic hydroxyl groups is 1. The maximum absolute atomic E-state index is 11.5. The minimum absolute atomic E-state index is 0.0491. The molecule has 4 heteroatoms. The number of hydrogen-bond acceptors (Lipinski definition) is 3. The molecule has 94 valence electrons. The van der Waals surface area contributed by atoms with Crippen LogP contribution < -0.4 is 10.1 Å². The van der Waals surface area contributed by atoms with Gasteiger partial charge in [0.1, 0.15) is 5.75 Å². The van der Waals surface area contributed by atoms with Crippen molar-refractivity contribution in [3.05, 3.63) is 29.8 Å². The third-order valence-electron chi connectivity index (χ3n) is 2.26. The summed E-state index contributed by atoms with van der Waals surface area (Å²) in [5, 5.41) is 11.7. The molecule has 17 heavy (non-hydrogen) atoms. The van der Waals surface area contributed by atoms with Crippen LogP contribution in [0, 0.1) is 6.92 Å². The molecule has 0 aliphatic heterocycles. The van der Waals surface area contributed by atoms with E-state index in [2.05, 4.69) is 5.32 Å². The van der Waals surface area contributed by atoms with Crippen molar-refractivity contribution in [1.29, 1.82) is 0 Å². The average molecular weight is 237 g/mol. The molecule has 0 radical (unpaired) electrons. The molecule has 0 saturated carbocycles. The van der Waals surface area contributed by atoms with Crippen LogP contribution in [0.4, 0.5) is 0 Å². The van der Waals surface area contributed by atoms with Crippen molar-refractivity contribution in [2.75, 3.05) is 13.2 Å². The lowest BCUT2D eigenvalue weighted by atomic mass is 10.1. The van der Waals surface area contributed by atoms with E-state index in [4.69, 9.17) is 9.84 Å². The van der Waals surface area contributed by atoms with Gasteiger partial charge in [0.15, 0.2) is 6.61 Å². The van der Waals surface area contributed by atoms with Gasteiger partial charge in [-0.05, 0) is 32.9 Å². The SMILES string of the molecule is Cc1ccc(OCC(=O)NC(C)(C)CO)cc1. The number of amides is 1. The first-order valence-electron chi connectivity index (χ1n) is 5.54. The molecule has 0 unspecified atom stereocenters. The van der Waals surface area contributed by atoms with E-state index in [1.165, 1.54) is 0 Å². The molecular weight excluding hydrogens is 218 g/mol. The van der Waals surface area contributed by atoms with Crippen LogP contribution in [0.5, 0.6) is 5.75 Å². The zero-order valence-corrected chi connectivity index (χ0v) is 10.5. The largest absolute Gasteiger partial charge is 0.484 e. The van der Waals surface area contributed by atoms with Crippen LogP contribution in [0.1, 0.15) is 19.4 Å². The van der Waals surface area contributed by atoms with E-state index >= 15 is 0 Å². The molecule has 2 N–H and O–H groups in total. The topological polar surface area (TPSA) is 58.6 Å². The van der Waals surface area contributed by atoms with Crippen LogP contribution in [0.2, 0.25) is 0 Å².